The Labute approximate surface area is 355 Å². The van der Waals surface area contributed by atoms with Crippen LogP contribution in [0.3, 0.4) is 0 Å². The first-order chi connectivity index (χ1) is 27.8. The third-order valence-corrected chi connectivity index (χ3v) is 11.8. The van der Waals surface area contributed by atoms with Crippen molar-refractivity contribution < 1.29 is 28.6 Å². The zero-order valence-electron chi connectivity index (χ0n) is 39.0. The van der Waals surface area contributed by atoms with Gasteiger partial charge >= 0.3 is 17.9 Å². The summed E-state index contributed by atoms with van der Waals surface area (Å²) in [5, 5.41) is 0. The second-order valence-corrected chi connectivity index (χ2v) is 18.2. The van der Waals surface area contributed by atoms with E-state index in [4.69, 9.17) is 14.2 Å². The second-order valence-electron chi connectivity index (χ2n) is 18.2. The third kappa shape index (κ3) is 43.8. The van der Waals surface area contributed by atoms with Gasteiger partial charge in [0.25, 0.3) is 0 Å². The fourth-order valence-corrected chi connectivity index (χ4v) is 7.60. The molecule has 0 radical (unpaired) electrons. The summed E-state index contributed by atoms with van der Waals surface area (Å²) in [6.07, 6.45) is 43.6. The number of carbonyl (C=O) groups excluding carboxylic acids is 3. The highest BCUT2D eigenvalue weighted by molar-refractivity contribution is 5.71. The lowest BCUT2D eigenvalue weighted by atomic mass is 9.99. The number of unbranched alkanes of at least 4 members (excludes halogenated alkanes) is 29. The van der Waals surface area contributed by atoms with Gasteiger partial charge in [0.15, 0.2) is 6.10 Å². The SMILES string of the molecule is CCCCCCCCCCCCCC(=O)OC[C@@H](COC(=O)CCCCCCCCCCC(C)CC)OC(=O)CCCCCCCCCCCCCCCC(C)C. The first kappa shape index (κ1) is 55.4. The van der Waals surface area contributed by atoms with E-state index in [2.05, 4.69) is 34.6 Å². The first-order valence-electron chi connectivity index (χ1n) is 25.3. The van der Waals surface area contributed by atoms with Crippen molar-refractivity contribution in [2.24, 2.45) is 11.8 Å². The van der Waals surface area contributed by atoms with Crippen molar-refractivity contribution in [3.63, 3.8) is 0 Å². The summed E-state index contributed by atoms with van der Waals surface area (Å²) < 4.78 is 16.8. The van der Waals surface area contributed by atoms with E-state index in [1.54, 1.807) is 0 Å². The monoisotopic (exact) mass is 807 g/mol. The van der Waals surface area contributed by atoms with E-state index in [1.165, 1.54) is 167 Å². The van der Waals surface area contributed by atoms with Gasteiger partial charge in [0.2, 0.25) is 0 Å². The minimum absolute atomic E-state index is 0.0641. The lowest BCUT2D eigenvalue weighted by molar-refractivity contribution is -0.167. The molecule has 0 aliphatic carbocycles. The normalized spacial score (nSPS) is 12.5. The van der Waals surface area contributed by atoms with Crippen molar-refractivity contribution in [1.29, 1.82) is 0 Å². The molecule has 0 aromatic heterocycles. The molecule has 0 aliphatic heterocycles. The number of rotatable bonds is 45. The van der Waals surface area contributed by atoms with Crippen LogP contribution in [0.2, 0.25) is 0 Å². The minimum Gasteiger partial charge on any atom is -0.462 e. The van der Waals surface area contributed by atoms with Crippen molar-refractivity contribution in [2.75, 3.05) is 13.2 Å². The average molecular weight is 807 g/mol. The number of hydrogen-bond acceptors (Lipinski definition) is 6. The van der Waals surface area contributed by atoms with Gasteiger partial charge in [0.05, 0.1) is 0 Å². The Morgan fingerprint density at radius 3 is 1.00 bits per heavy atom. The molecule has 0 saturated heterocycles. The molecule has 57 heavy (non-hydrogen) atoms. The Bertz CT molecular complexity index is 872. The van der Waals surface area contributed by atoms with Crippen molar-refractivity contribution in [1.82, 2.24) is 0 Å². The number of carbonyl (C=O) groups is 3. The van der Waals surface area contributed by atoms with Gasteiger partial charge in [0.1, 0.15) is 13.2 Å². The fourth-order valence-electron chi connectivity index (χ4n) is 7.60. The first-order valence-corrected chi connectivity index (χ1v) is 25.3. The van der Waals surface area contributed by atoms with E-state index < -0.39 is 6.10 Å². The fraction of sp³-hybridized carbons (Fsp3) is 0.941. The van der Waals surface area contributed by atoms with Crippen LogP contribution in [0.1, 0.15) is 279 Å². The van der Waals surface area contributed by atoms with Gasteiger partial charge in [-0.25, -0.2) is 0 Å². The van der Waals surface area contributed by atoms with Crippen LogP contribution in [0.4, 0.5) is 0 Å². The number of hydrogen-bond donors (Lipinski definition) is 0. The van der Waals surface area contributed by atoms with Gasteiger partial charge < -0.3 is 14.2 Å². The quantitative estimate of drug-likeness (QED) is 0.0346. The van der Waals surface area contributed by atoms with Crippen molar-refractivity contribution in [3.05, 3.63) is 0 Å². The van der Waals surface area contributed by atoms with Crippen LogP contribution >= 0.6 is 0 Å². The molecular formula is C51H98O6. The summed E-state index contributed by atoms with van der Waals surface area (Å²) in [4.78, 5) is 37.9. The summed E-state index contributed by atoms with van der Waals surface area (Å²) in [5.74, 6) is 0.835. The molecule has 1 unspecified atom stereocenters. The topological polar surface area (TPSA) is 78.9 Å². The highest BCUT2D eigenvalue weighted by Gasteiger charge is 2.19. The van der Waals surface area contributed by atoms with Crippen LogP contribution in [-0.4, -0.2) is 37.2 Å². The molecule has 0 aliphatic rings. The average Bonchev–Trinajstić information content (AvgIpc) is 3.19. The van der Waals surface area contributed by atoms with E-state index >= 15 is 0 Å². The molecule has 0 rings (SSSR count). The van der Waals surface area contributed by atoms with Gasteiger partial charge in [-0.1, -0.05) is 240 Å². The maximum atomic E-state index is 12.8. The van der Waals surface area contributed by atoms with E-state index in [9.17, 15) is 14.4 Å². The molecule has 0 heterocycles. The summed E-state index contributed by atoms with van der Waals surface area (Å²) in [7, 11) is 0. The molecule has 6 heteroatoms. The summed E-state index contributed by atoms with van der Waals surface area (Å²) >= 11 is 0. The standard InChI is InChI=1S/C51H98O6/c1-6-8-9-10-11-12-16-20-26-31-36-41-49(52)55-44-48(45-56-50(53)42-37-32-27-23-22-25-30-35-40-47(5)7-2)57-51(54)43-38-33-28-21-18-15-13-14-17-19-24-29-34-39-46(3)4/h46-48H,6-45H2,1-5H3/t47?,48-/m0/s1. The zero-order chi connectivity index (χ0) is 41.9. The zero-order valence-corrected chi connectivity index (χ0v) is 39.0. The largest absolute Gasteiger partial charge is 0.462 e. The van der Waals surface area contributed by atoms with E-state index in [-0.39, 0.29) is 31.1 Å². The maximum absolute atomic E-state index is 12.8. The van der Waals surface area contributed by atoms with Crippen LogP contribution < -0.4 is 0 Å². The lowest BCUT2D eigenvalue weighted by Gasteiger charge is -2.18. The van der Waals surface area contributed by atoms with Crippen LogP contribution in [0.15, 0.2) is 0 Å². The predicted octanol–water partition coefficient (Wildman–Crippen LogP) is 16.1. The van der Waals surface area contributed by atoms with E-state index in [0.29, 0.717) is 19.3 Å². The molecule has 6 nitrogen and oxygen atoms in total. The molecule has 338 valence electrons. The van der Waals surface area contributed by atoms with Crippen LogP contribution in [-0.2, 0) is 28.6 Å². The summed E-state index contributed by atoms with van der Waals surface area (Å²) in [6, 6.07) is 0. The highest BCUT2D eigenvalue weighted by Crippen LogP contribution is 2.18. The molecule has 0 amide bonds. The molecule has 0 saturated carbocycles. The summed E-state index contributed by atoms with van der Waals surface area (Å²) in [5.41, 5.74) is 0. The molecule has 0 bridgehead atoms. The Morgan fingerprint density at radius 1 is 0.368 bits per heavy atom. The van der Waals surface area contributed by atoms with Gasteiger partial charge in [-0.05, 0) is 31.1 Å². The van der Waals surface area contributed by atoms with Gasteiger partial charge in [0, 0.05) is 19.3 Å². The minimum atomic E-state index is -0.761. The molecule has 0 spiro atoms. The third-order valence-electron chi connectivity index (χ3n) is 11.8. The molecule has 0 aromatic carbocycles. The van der Waals surface area contributed by atoms with Crippen LogP contribution in [0.25, 0.3) is 0 Å². The van der Waals surface area contributed by atoms with Gasteiger partial charge in [-0.2, -0.15) is 0 Å². The summed E-state index contributed by atoms with van der Waals surface area (Å²) in [6.45, 7) is 11.4. The van der Waals surface area contributed by atoms with Gasteiger partial charge in [-0.3, -0.25) is 14.4 Å². The number of esters is 3. The molecule has 0 aromatic rings. The van der Waals surface area contributed by atoms with Crippen LogP contribution in [0.5, 0.6) is 0 Å². The second kappa shape index (κ2) is 44.0. The highest BCUT2D eigenvalue weighted by atomic mass is 16.6. The molecule has 0 fully saturated rings. The van der Waals surface area contributed by atoms with Gasteiger partial charge in [-0.15, -0.1) is 0 Å². The Morgan fingerprint density at radius 2 is 0.667 bits per heavy atom. The van der Waals surface area contributed by atoms with Crippen molar-refractivity contribution in [2.45, 2.75) is 285 Å². The molecule has 0 N–H and O–H groups in total. The van der Waals surface area contributed by atoms with Crippen molar-refractivity contribution >= 4 is 17.9 Å². The lowest BCUT2D eigenvalue weighted by Crippen LogP contribution is -2.30. The Hall–Kier alpha value is -1.59. The smallest absolute Gasteiger partial charge is 0.306 e. The molecular weight excluding hydrogens is 709 g/mol. The molecule has 2 atom stereocenters. The Kier molecular flexibility index (Phi) is 42.7. The van der Waals surface area contributed by atoms with Crippen molar-refractivity contribution in [3.8, 4) is 0 Å². The van der Waals surface area contributed by atoms with Crippen LogP contribution in [0, 0.1) is 11.8 Å². The van der Waals surface area contributed by atoms with E-state index in [0.717, 1.165) is 69.6 Å². The van der Waals surface area contributed by atoms with E-state index in [1.807, 2.05) is 0 Å². The predicted molar refractivity (Wildman–Crippen MR) is 243 cm³/mol. The maximum Gasteiger partial charge on any atom is 0.306 e. The Balaban J connectivity index is 4.32. The number of ether oxygens (including phenoxy) is 3.